The molecule has 1 aliphatic heterocycles. The minimum absolute atomic E-state index is 0.0483. The van der Waals surface area contributed by atoms with Crippen molar-refractivity contribution in [1.82, 2.24) is 9.21 Å². The highest BCUT2D eigenvalue weighted by Gasteiger charge is 2.31. The molecular weight excluding hydrogens is 455 g/mol. The largest absolute Gasteiger partial charge is 0.416 e. The molecule has 0 atom stereocenters. The molecule has 0 amide bonds. The quantitative estimate of drug-likeness (QED) is 0.405. The maximum Gasteiger partial charge on any atom is 0.416 e. The number of alkyl halides is 3. The highest BCUT2D eigenvalue weighted by molar-refractivity contribution is 7.90. The topological polar surface area (TPSA) is 61.9 Å². The zero-order valence-electron chi connectivity index (χ0n) is 19.3. The van der Waals surface area contributed by atoms with Gasteiger partial charge in [-0.05, 0) is 82.3 Å². The van der Waals surface area contributed by atoms with E-state index in [2.05, 4.69) is 16.7 Å². The second-order valence-electron chi connectivity index (χ2n) is 9.27. The van der Waals surface area contributed by atoms with Crippen LogP contribution in [0.3, 0.4) is 0 Å². The minimum atomic E-state index is -4.45. The summed E-state index contributed by atoms with van der Waals surface area (Å²) in [6.45, 7) is 3.74. The fourth-order valence-electron chi connectivity index (χ4n) is 4.10. The summed E-state index contributed by atoms with van der Waals surface area (Å²) >= 11 is 0. The maximum atomic E-state index is 12.7. The molecule has 1 aromatic rings. The van der Waals surface area contributed by atoms with Crippen molar-refractivity contribution in [2.24, 2.45) is 5.92 Å². The standard InChI is InChI=1S/C23H36F3N3O3S/c1-28(18-19-6-7-19)14-4-2-3-5-17-32-22-12-15-29(16-13-22)33(30,31)27-21-10-8-20(9-11-21)23(24,25)26/h8-11,19,22,27H,2-7,12-18H2,1H3. The highest BCUT2D eigenvalue weighted by Crippen LogP contribution is 2.30. The Kier molecular flexibility index (Phi) is 9.43. The Balaban J connectivity index is 1.28. The Labute approximate surface area is 195 Å². The van der Waals surface area contributed by atoms with Crippen LogP contribution in [0.1, 0.15) is 56.9 Å². The van der Waals surface area contributed by atoms with E-state index in [-0.39, 0.29) is 11.8 Å². The molecule has 1 N–H and O–H groups in total. The van der Waals surface area contributed by atoms with E-state index < -0.39 is 21.9 Å². The van der Waals surface area contributed by atoms with Crippen LogP contribution >= 0.6 is 0 Å². The Morgan fingerprint density at radius 3 is 2.27 bits per heavy atom. The van der Waals surface area contributed by atoms with Crippen LogP contribution in [-0.2, 0) is 21.1 Å². The number of hydrogen-bond donors (Lipinski definition) is 1. The monoisotopic (exact) mass is 491 g/mol. The Morgan fingerprint density at radius 2 is 1.67 bits per heavy atom. The van der Waals surface area contributed by atoms with Crippen LogP contribution in [0.2, 0.25) is 0 Å². The second kappa shape index (κ2) is 11.9. The molecule has 3 rings (SSSR count). The summed E-state index contributed by atoms with van der Waals surface area (Å²) in [5.74, 6) is 0.936. The molecule has 1 saturated carbocycles. The van der Waals surface area contributed by atoms with Crippen molar-refractivity contribution in [3.05, 3.63) is 29.8 Å². The van der Waals surface area contributed by atoms with E-state index in [1.165, 1.54) is 36.5 Å². The molecule has 0 spiro atoms. The maximum absolute atomic E-state index is 12.7. The molecule has 0 unspecified atom stereocenters. The van der Waals surface area contributed by atoms with Gasteiger partial charge in [0.05, 0.1) is 11.7 Å². The first kappa shape index (κ1) is 26.2. The van der Waals surface area contributed by atoms with Crippen molar-refractivity contribution in [1.29, 1.82) is 0 Å². The van der Waals surface area contributed by atoms with Crippen LogP contribution in [0, 0.1) is 5.92 Å². The van der Waals surface area contributed by atoms with Gasteiger partial charge in [-0.2, -0.15) is 25.9 Å². The van der Waals surface area contributed by atoms with Crippen molar-refractivity contribution in [3.63, 3.8) is 0 Å². The number of halogens is 3. The van der Waals surface area contributed by atoms with E-state index in [0.29, 0.717) is 32.5 Å². The summed E-state index contributed by atoms with van der Waals surface area (Å²) in [7, 11) is -1.61. The van der Waals surface area contributed by atoms with Crippen molar-refractivity contribution < 1.29 is 26.3 Å². The average Bonchev–Trinajstić information content (AvgIpc) is 3.57. The smallest absolute Gasteiger partial charge is 0.378 e. The molecule has 1 aliphatic carbocycles. The summed E-state index contributed by atoms with van der Waals surface area (Å²) < 4.78 is 72.7. The number of nitrogens with one attached hydrogen (secondary N) is 1. The average molecular weight is 492 g/mol. The number of unbranched alkanes of at least 4 members (excludes halogenated alkanes) is 3. The van der Waals surface area contributed by atoms with Crippen LogP contribution in [0.15, 0.2) is 24.3 Å². The lowest BCUT2D eigenvalue weighted by Crippen LogP contribution is -2.43. The van der Waals surface area contributed by atoms with Crippen LogP contribution in [0.5, 0.6) is 0 Å². The normalized spacial score (nSPS) is 18.7. The van der Waals surface area contributed by atoms with E-state index in [9.17, 15) is 21.6 Å². The fraction of sp³-hybridized carbons (Fsp3) is 0.739. The van der Waals surface area contributed by atoms with Gasteiger partial charge in [0.2, 0.25) is 0 Å². The van der Waals surface area contributed by atoms with Gasteiger partial charge in [-0.15, -0.1) is 0 Å². The number of benzene rings is 1. The summed E-state index contributed by atoms with van der Waals surface area (Å²) in [6.07, 6.45) is 4.17. The summed E-state index contributed by atoms with van der Waals surface area (Å²) in [6, 6.07) is 3.98. The molecule has 6 nitrogen and oxygen atoms in total. The number of nitrogens with zero attached hydrogens (tertiary/aromatic N) is 2. The lowest BCUT2D eigenvalue weighted by atomic mass is 10.1. The molecule has 0 radical (unpaired) electrons. The van der Waals surface area contributed by atoms with Crippen molar-refractivity contribution in [2.75, 3.05) is 44.6 Å². The van der Waals surface area contributed by atoms with Gasteiger partial charge in [-0.3, -0.25) is 4.72 Å². The van der Waals surface area contributed by atoms with Crippen LogP contribution < -0.4 is 4.72 Å². The molecule has 188 valence electrons. The first-order valence-corrected chi connectivity index (χ1v) is 13.3. The van der Waals surface area contributed by atoms with Gasteiger partial charge in [0.15, 0.2) is 0 Å². The predicted molar refractivity (Wildman–Crippen MR) is 123 cm³/mol. The number of hydrogen-bond acceptors (Lipinski definition) is 4. The number of rotatable bonds is 13. The molecular formula is C23H36F3N3O3S. The third-order valence-electron chi connectivity index (χ3n) is 6.25. The third-order valence-corrected chi connectivity index (χ3v) is 7.79. The minimum Gasteiger partial charge on any atom is -0.378 e. The molecule has 1 heterocycles. The van der Waals surface area contributed by atoms with Gasteiger partial charge in [0.25, 0.3) is 0 Å². The van der Waals surface area contributed by atoms with Crippen molar-refractivity contribution >= 4 is 15.9 Å². The Bertz CT molecular complexity index is 822. The first-order valence-electron chi connectivity index (χ1n) is 11.9. The lowest BCUT2D eigenvalue weighted by molar-refractivity contribution is -0.137. The zero-order chi connectivity index (χ0) is 23.9. The van der Waals surface area contributed by atoms with Crippen LogP contribution in [-0.4, -0.2) is 63.6 Å². The number of anilines is 1. The highest BCUT2D eigenvalue weighted by atomic mass is 32.2. The van der Waals surface area contributed by atoms with Gasteiger partial charge < -0.3 is 9.64 Å². The first-order chi connectivity index (χ1) is 15.6. The molecule has 2 fully saturated rings. The van der Waals surface area contributed by atoms with E-state index in [1.807, 2.05) is 0 Å². The van der Waals surface area contributed by atoms with Gasteiger partial charge in [0, 0.05) is 31.9 Å². The molecule has 2 aliphatic rings. The molecule has 33 heavy (non-hydrogen) atoms. The SMILES string of the molecule is CN(CCCCCCOC1CCN(S(=O)(=O)Nc2ccc(C(F)(F)F)cc2)CC1)CC1CC1. The molecule has 1 saturated heterocycles. The molecule has 0 aromatic heterocycles. The Hall–Kier alpha value is -1.36. The van der Waals surface area contributed by atoms with Crippen LogP contribution in [0.25, 0.3) is 0 Å². The van der Waals surface area contributed by atoms with E-state index in [0.717, 1.165) is 49.6 Å². The predicted octanol–water partition coefficient (Wildman–Crippen LogP) is 4.75. The number of ether oxygens (including phenoxy) is 1. The van der Waals surface area contributed by atoms with E-state index >= 15 is 0 Å². The molecule has 10 heteroatoms. The Morgan fingerprint density at radius 1 is 1.03 bits per heavy atom. The second-order valence-corrected chi connectivity index (χ2v) is 10.9. The number of piperidine rings is 1. The molecule has 1 aromatic carbocycles. The molecule has 0 bridgehead atoms. The van der Waals surface area contributed by atoms with E-state index in [4.69, 9.17) is 4.74 Å². The van der Waals surface area contributed by atoms with Crippen molar-refractivity contribution in [3.8, 4) is 0 Å². The van der Waals surface area contributed by atoms with Gasteiger partial charge in [0.1, 0.15) is 0 Å². The van der Waals surface area contributed by atoms with Gasteiger partial charge >= 0.3 is 16.4 Å². The lowest BCUT2D eigenvalue weighted by Gasteiger charge is -2.31. The van der Waals surface area contributed by atoms with Crippen molar-refractivity contribution in [2.45, 2.75) is 63.6 Å². The van der Waals surface area contributed by atoms with Gasteiger partial charge in [-0.25, -0.2) is 0 Å². The van der Waals surface area contributed by atoms with Crippen LogP contribution in [0.4, 0.5) is 18.9 Å². The van der Waals surface area contributed by atoms with Gasteiger partial charge in [-0.1, -0.05) is 12.8 Å². The third kappa shape index (κ3) is 9.07. The fourth-order valence-corrected chi connectivity index (χ4v) is 5.35. The summed E-state index contributed by atoms with van der Waals surface area (Å²) in [4.78, 5) is 2.43. The van der Waals surface area contributed by atoms with E-state index in [1.54, 1.807) is 0 Å². The zero-order valence-corrected chi connectivity index (χ0v) is 20.1. The summed E-state index contributed by atoms with van der Waals surface area (Å²) in [5, 5.41) is 0. The summed E-state index contributed by atoms with van der Waals surface area (Å²) in [5.41, 5.74) is -0.704.